The smallest absolute Gasteiger partial charge is 0.285 e. The fourth-order valence-electron chi connectivity index (χ4n) is 3.15. The van der Waals surface area contributed by atoms with Crippen LogP contribution in [0.15, 0.2) is 73.1 Å². The van der Waals surface area contributed by atoms with Gasteiger partial charge in [0.15, 0.2) is 0 Å². The number of para-hydroxylation sites is 3. The summed E-state index contributed by atoms with van der Waals surface area (Å²) < 4.78 is 1.95. The summed E-state index contributed by atoms with van der Waals surface area (Å²) in [6, 6.07) is 19.7. The summed E-state index contributed by atoms with van der Waals surface area (Å²) in [7, 11) is 0. The van der Waals surface area contributed by atoms with Crippen LogP contribution < -0.4 is 5.32 Å². The molecule has 0 aliphatic carbocycles. The number of nitro benzene ring substituents is 1. The molecule has 4 rings (SSSR count). The molecule has 0 spiro atoms. The molecule has 1 amide bonds. The molecule has 0 saturated carbocycles. The Labute approximate surface area is 160 Å². The Balaban J connectivity index is 1.60. The number of nitrogens with one attached hydrogen (secondary N) is 1. The quantitative estimate of drug-likeness (QED) is 0.422. The number of amides is 1. The van der Waals surface area contributed by atoms with Gasteiger partial charge in [0.2, 0.25) is 0 Å². The second kappa shape index (κ2) is 6.96. The third kappa shape index (κ3) is 3.09. The first kappa shape index (κ1) is 17.4. The topological polar surface area (TPSA) is 90.1 Å². The molecule has 1 aromatic heterocycles. The third-order valence-electron chi connectivity index (χ3n) is 4.52. The Hall–Kier alpha value is -4.00. The molecule has 3 aromatic carbocycles. The molecule has 0 radical (unpaired) electrons. The Kier molecular flexibility index (Phi) is 4.33. The van der Waals surface area contributed by atoms with Gasteiger partial charge in [-0.2, -0.15) is 0 Å². The summed E-state index contributed by atoms with van der Waals surface area (Å²) in [6.45, 7) is 1.61. The van der Waals surface area contributed by atoms with Gasteiger partial charge in [0, 0.05) is 16.9 Å². The maximum Gasteiger partial charge on any atom is 0.285 e. The number of carbonyl (C=O) groups excluding carboxylic acids is 1. The van der Waals surface area contributed by atoms with E-state index in [1.165, 1.54) is 6.07 Å². The van der Waals surface area contributed by atoms with Crippen LogP contribution in [0.3, 0.4) is 0 Å². The number of nitrogens with zero attached hydrogens (tertiary/aromatic N) is 3. The zero-order valence-corrected chi connectivity index (χ0v) is 15.0. The Morgan fingerprint density at radius 2 is 1.79 bits per heavy atom. The summed E-state index contributed by atoms with van der Waals surface area (Å²) in [6.07, 6.45) is 1.74. The Bertz CT molecular complexity index is 1200. The van der Waals surface area contributed by atoms with E-state index >= 15 is 0 Å². The van der Waals surface area contributed by atoms with Gasteiger partial charge in [-0.25, -0.2) is 4.98 Å². The number of aryl methyl sites for hydroxylation is 1. The number of imidazole rings is 1. The SMILES string of the molecule is Cc1cccc(C(=O)Nc2ccc(-n3cnc4ccccc43)cc2)c1[N+](=O)[O-]. The average Bonchev–Trinajstić information content (AvgIpc) is 3.12. The van der Waals surface area contributed by atoms with Crippen LogP contribution in [0, 0.1) is 17.0 Å². The summed E-state index contributed by atoms with van der Waals surface area (Å²) >= 11 is 0. The molecule has 1 heterocycles. The number of nitro groups is 1. The van der Waals surface area contributed by atoms with Gasteiger partial charge < -0.3 is 5.32 Å². The van der Waals surface area contributed by atoms with Gasteiger partial charge in [-0.15, -0.1) is 0 Å². The highest BCUT2D eigenvalue weighted by molar-refractivity contribution is 6.07. The Morgan fingerprint density at radius 1 is 1.04 bits per heavy atom. The van der Waals surface area contributed by atoms with Crippen LogP contribution in [0.2, 0.25) is 0 Å². The van der Waals surface area contributed by atoms with Crippen molar-refractivity contribution in [1.29, 1.82) is 0 Å². The van der Waals surface area contributed by atoms with Gasteiger partial charge in [0.25, 0.3) is 11.6 Å². The number of hydrogen-bond acceptors (Lipinski definition) is 4. The monoisotopic (exact) mass is 372 g/mol. The van der Waals surface area contributed by atoms with Crippen LogP contribution in [0.1, 0.15) is 15.9 Å². The number of hydrogen-bond donors (Lipinski definition) is 1. The number of anilines is 1. The standard InChI is InChI=1S/C21H16N4O3/c1-14-5-4-6-17(20(14)25(27)28)21(26)23-15-9-11-16(12-10-15)24-13-22-18-7-2-3-8-19(18)24/h2-13H,1H3,(H,23,26). The minimum absolute atomic E-state index is 0.0367. The first-order valence-electron chi connectivity index (χ1n) is 8.62. The summed E-state index contributed by atoms with van der Waals surface area (Å²) in [5.41, 5.74) is 3.62. The van der Waals surface area contributed by atoms with E-state index in [2.05, 4.69) is 10.3 Å². The van der Waals surface area contributed by atoms with Crippen LogP contribution in [0.25, 0.3) is 16.7 Å². The molecule has 0 aliphatic heterocycles. The fraction of sp³-hybridized carbons (Fsp3) is 0.0476. The lowest BCUT2D eigenvalue weighted by Gasteiger charge is -2.09. The molecule has 7 heteroatoms. The summed E-state index contributed by atoms with van der Waals surface area (Å²) in [5, 5.41) is 14.0. The van der Waals surface area contributed by atoms with Crippen molar-refractivity contribution < 1.29 is 9.72 Å². The van der Waals surface area contributed by atoms with Gasteiger partial charge in [-0.05, 0) is 49.4 Å². The first-order valence-corrected chi connectivity index (χ1v) is 8.62. The normalized spacial score (nSPS) is 10.8. The molecule has 7 nitrogen and oxygen atoms in total. The van der Waals surface area contributed by atoms with Gasteiger partial charge in [0.1, 0.15) is 11.9 Å². The van der Waals surface area contributed by atoms with Gasteiger partial charge in [0.05, 0.1) is 16.0 Å². The summed E-state index contributed by atoms with van der Waals surface area (Å²) in [4.78, 5) is 27.7. The largest absolute Gasteiger partial charge is 0.322 e. The highest BCUT2D eigenvalue weighted by Gasteiger charge is 2.22. The van der Waals surface area contributed by atoms with Gasteiger partial charge in [-0.3, -0.25) is 19.5 Å². The average molecular weight is 372 g/mol. The van der Waals surface area contributed by atoms with Crippen molar-refractivity contribution in [1.82, 2.24) is 9.55 Å². The van der Waals surface area contributed by atoms with E-state index in [1.807, 2.05) is 41.0 Å². The minimum atomic E-state index is -0.530. The minimum Gasteiger partial charge on any atom is -0.322 e. The van der Waals surface area contributed by atoms with Gasteiger partial charge in [-0.1, -0.05) is 24.3 Å². The van der Waals surface area contributed by atoms with E-state index in [9.17, 15) is 14.9 Å². The van der Waals surface area contributed by atoms with Crippen molar-refractivity contribution in [3.63, 3.8) is 0 Å². The van der Waals surface area contributed by atoms with E-state index in [0.29, 0.717) is 11.3 Å². The molecule has 0 aliphatic rings. The van der Waals surface area contributed by atoms with E-state index in [-0.39, 0.29) is 11.3 Å². The van der Waals surface area contributed by atoms with Crippen LogP contribution in [0.5, 0.6) is 0 Å². The zero-order valence-electron chi connectivity index (χ0n) is 15.0. The van der Waals surface area contributed by atoms with E-state index in [1.54, 1.807) is 37.5 Å². The number of rotatable bonds is 4. The van der Waals surface area contributed by atoms with Crippen molar-refractivity contribution in [3.05, 3.63) is 94.3 Å². The molecular formula is C21H16N4O3. The predicted octanol–water partition coefficient (Wildman–Crippen LogP) is 4.49. The molecule has 28 heavy (non-hydrogen) atoms. The van der Waals surface area contributed by atoms with Crippen molar-refractivity contribution in [2.75, 3.05) is 5.32 Å². The van der Waals surface area contributed by atoms with Crippen molar-refractivity contribution in [2.24, 2.45) is 0 Å². The molecule has 0 unspecified atom stereocenters. The molecular weight excluding hydrogens is 356 g/mol. The van der Waals surface area contributed by atoms with Crippen molar-refractivity contribution in [2.45, 2.75) is 6.92 Å². The first-order chi connectivity index (χ1) is 13.5. The number of aromatic nitrogens is 2. The molecule has 0 fully saturated rings. The predicted molar refractivity (Wildman–Crippen MR) is 107 cm³/mol. The van der Waals surface area contributed by atoms with E-state index < -0.39 is 10.8 Å². The van der Waals surface area contributed by atoms with Crippen LogP contribution in [-0.2, 0) is 0 Å². The van der Waals surface area contributed by atoms with Gasteiger partial charge >= 0.3 is 0 Å². The second-order valence-electron chi connectivity index (χ2n) is 6.33. The van der Waals surface area contributed by atoms with Crippen LogP contribution in [-0.4, -0.2) is 20.4 Å². The molecule has 0 atom stereocenters. The highest BCUT2D eigenvalue weighted by atomic mass is 16.6. The lowest BCUT2D eigenvalue weighted by molar-refractivity contribution is -0.385. The number of carbonyl (C=O) groups is 1. The number of benzene rings is 3. The molecule has 0 saturated heterocycles. The molecule has 138 valence electrons. The highest BCUT2D eigenvalue weighted by Crippen LogP contribution is 2.25. The third-order valence-corrected chi connectivity index (χ3v) is 4.52. The van der Waals surface area contributed by atoms with E-state index in [0.717, 1.165) is 16.7 Å². The number of fused-ring (bicyclic) bond motifs is 1. The molecule has 4 aromatic rings. The Morgan fingerprint density at radius 3 is 2.54 bits per heavy atom. The fourth-order valence-corrected chi connectivity index (χ4v) is 3.15. The second-order valence-corrected chi connectivity index (χ2v) is 6.33. The van der Waals surface area contributed by atoms with Crippen LogP contribution in [0.4, 0.5) is 11.4 Å². The van der Waals surface area contributed by atoms with Crippen molar-refractivity contribution >= 4 is 28.3 Å². The lowest BCUT2D eigenvalue weighted by atomic mass is 10.1. The maximum atomic E-state index is 12.5. The van der Waals surface area contributed by atoms with Crippen LogP contribution >= 0.6 is 0 Å². The summed E-state index contributed by atoms with van der Waals surface area (Å²) in [5.74, 6) is -0.517. The molecule has 0 bridgehead atoms. The lowest BCUT2D eigenvalue weighted by Crippen LogP contribution is -2.14. The van der Waals surface area contributed by atoms with Crippen molar-refractivity contribution in [3.8, 4) is 5.69 Å². The molecule has 1 N–H and O–H groups in total. The zero-order chi connectivity index (χ0) is 19.7. The maximum absolute atomic E-state index is 12.5. The van der Waals surface area contributed by atoms with E-state index in [4.69, 9.17) is 0 Å².